The first kappa shape index (κ1) is 11.3. The summed E-state index contributed by atoms with van der Waals surface area (Å²) >= 11 is 0. The van der Waals surface area contributed by atoms with Crippen LogP contribution < -0.4 is 5.73 Å². The third-order valence-electron chi connectivity index (χ3n) is 4.21. The Morgan fingerprint density at radius 1 is 1.27 bits per heavy atom. The maximum atomic E-state index is 12.6. The fourth-order valence-electron chi connectivity index (χ4n) is 2.95. The maximum Gasteiger partial charge on any atom is 0.0977 e. The highest BCUT2D eigenvalue weighted by molar-refractivity contribution is 5.10. The molecule has 4 heteroatoms. The van der Waals surface area contributed by atoms with E-state index < -0.39 is 24.4 Å². The van der Waals surface area contributed by atoms with Crippen LogP contribution in [0.5, 0.6) is 0 Å². The van der Waals surface area contributed by atoms with Gasteiger partial charge in [-0.05, 0) is 31.6 Å². The van der Waals surface area contributed by atoms with Crippen LogP contribution >= 0.6 is 0 Å². The van der Waals surface area contributed by atoms with Gasteiger partial charge in [0.1, 0.15) is 0 Å². The van der Waals surface area contributed by atoms with E-state index in [-0.39, 0.29) is 18.9 Å². The summed E-state index contributed by atoms with van der Waals surface area (Å²) in [6.45, 7) is -1.38. The Bertz CT molecular complexity index is 231. The van der Waals surface area contributed by atoms with Crippen LogP contribution in [0.1, 0.15) is 32.1 Å². The Balaban J connectivity index is 1.93. The van der Waals surface area contributed by atoms with Gasteiger partial charge in [0.2, 0.25) is 0 Å². The minimum absolute atomic E-state index is 0.185. The summed E-state index contributed by atoms with van der Waals surface area (Å²) in [6, 6.07) is -0.294. The molecule has 0 bridgehead atoms. The summed E-state index contributed by atoms with van der Waals surface area (Å²) in [5.41, 5.74) is 4.01. The van der Waals surface area contributed by atoms with Crippen molar-refractivity contribution in [1.82, 2.24) is 0 Å². The molecule has 1 unspecified atom stereocenters. The van der Waals surface area contributed by atoms with Gasteiger partial charge in [-0.2, -0.15) is 0 Å². The van der Waals surface area contributed by atoms with Crippen LogP contribution in [0.3, 0.4) is 0 Å². The van der Waals surface area contributed by atoms with E-state index in [1.54, 1.807) is 0 Å². The van der Waals surface area contributed by atoms with Crippen molar-refractivity contribution in [3.8, 4) is 0 Å². The number of rotatable bonds is 4. The Labute approximate surface area is 88.8 Å². The fraction of sp³-hybridized carbons (Fsp3) is 1.00. The molecule has 15 heavy (non-hydrogen) atoms. The molecule has 0 radical (unpaired) electrons. The predicted octanol–water partition coefficient (Wildman–Crippen LogP) is 1.56. The van der Waals surface area contributed by atoms with E-state index in [1.165, 1.54) is 0 Å². The second-order valence-electron chi connectivity index (χ2n) is 5.44. The maximum absolute atomic E-state index is 12.6. The molecule has 0 heterocycles. The van der Waals surface area contributed by atoms with Crippen molar-refractivity contribution in [2.75, 3.05) is 13.3 Å². The molecule has 2 saturated carbocycles. The van der Waals surface area contributed by atoms with Crippen molar-refractivity contribution in [1.29, 1.82) is 0 Å². The minimum atomic E-state index is -1.01. The molecule has 0 aromatic heterocycles. The lowest BCUT2D eigenvalue weighted by atomic mass is 9.55. The van der Waals surface area contributed by atoms with Crippen molar-refractivity contribution in [3.63, 3.8) is 0 Å². The molecule has 2 aliphatic carbocycles. The van der Waals surface area contributed by atoms with E-state index in [9.17, 15) is 13.9 Å². The highest BCUT2D eigenvalue weighted by Gasteiger charge is 2.58. The molecule has 0 aromatic carbocycles. The second kappa shape index (κ2) is 3.67. The van der Waals surface area contributed by atoms with Crippen molar-refractivity contribution in [2.24, 2.45) is 17.1 Å². The zero-order valence-electron chi connectivity index (χ0n) is 8.88. The summed E-state index contributed by atoms with van der Waals surface area (Å²) in [5, 5.41) is 10.2. The van der Waals surface area contributed by atoms with Crippen LogP contribution in [0.25, 0.3) is 0 Å². The van der Waals surface area contributed by atoms with Gasteiger partial charge in [-0.25, -0.2) is 0 Å². The molecular weight excluding hydrogens is 200 g/mol. The normalized spacial score (nSPS) is 30.4. The highest BCUT2D eigenvalue weighted by atomic mass is 19.1. The fourth-order valence-corrected chi connectivity index (χ4v) is 2.95. The van der Waals surface area contributed by atoms with Crippen molar-refractivity contribution in [2.45, 2.75) is 43.7 Å². The first-order chi connectivity index (χ1) is 7.05. The minimum Gasteiger partial charge on any atom is -0.388 e. The van der Waals surface area contributed by atoms with E-state index in [1.807, 2.05) is 0 Å². The van der Waals surface area contributed by atoms with Gasteiger partial charge in [-0.15, -0.1) is 0 Å². The van der Waals surface area contributed by atoms with Crippen molar-refractivity contribution in [3.05, 3.63) is 0 Å². The van der Waals surface area contributed by atoms with Crippen LogP contribution in [-0.2, 0) is 0 Å². The number of halogens is 2. The molecule has 2 rings (SSSR count). The third-order valence-corrected chi connectivity index (χ3v) is 4.21. The van der Waals surface area contributed by atoms with Crippen LogP contribution in [0.4, 0.5) is 8.78 Å². The summed E-state index contributed by atoms with van der Waals surface area (Å²) < 4.78 is 25.2. The van der Waals surface area contributed by atoms with Gasteiger partial charge >= 0.3 is 0 Å². The molecule has 0 aromatic rings. The quantitative estimate of drug-likeness (QED) is 0.753. The topological polar surface area (TPSA) is 46.2 Å². The standard InChI is InChI=1S/C11H19F2NO/c12-6-10(7-13)4-11(15,5-10)9(14)8-2-1-3-8/h8-9,15H,1-7,14H2. The molecule has 0 amide bonds. The Kier molecular flexibility index (Phi) is 2.75. The molecular formula is C11H19F2NO. The summed E-state index contributed by atoms with van der Waals surface area (Å²) in [7, 11) is 0. The van der Waals surface area contributed by atoms with Crippen molar-refractivity contribution >= 4 is 0 Å². The second-order valence-corrected chi connectivity index (χ2v) is 5.44. The van der Waals surface area contributed by atoms with E-state index in [2.05, 4.69) is 0 Å². The predicted molar refractivity (Wildman–Crippen MR) is 53.9 cm³/mol. The summed E-state index contributed by atoms with van der Waals surface area (Å²) in [4.78, 5) is 0. The average molecular weight is 219 g/mol. The molecule has 0 saturated heterocycles. The summed E-state index contributed by atoms with van der Waals surface area (Å²) in [5.74, 6) is 0.354. The number of hydrogen-bond acceptors (Lipinski definition) is 2. The van der Waals surface area contributed by atoms with E-state index in [0.29, 0.717) is 5.92 Å². The lowest BCUT2D eigenvalue weighted by Crippen LogP contribution is -2.65. The van der Waals surface area contributed by atoms with Gasteiger partial charge in [0.25, 0.3) is 0 Å². The first-order valence-corrected chi connectivity index (χ1v) is 5.65. The smallest absolute Gasteiger partial charge is 0.0977 e. The highest BCUT2D eigenvalue weighted by Crippen LogP contribution is 2.53. The van der Waals surface area contributed by atoms with E-state index in [0.717, 1.165) is 19.3 Å². The summed E-state index contributed by atoms with van der Waals surface area (Å²) in [6.07, 6.45) is 3.62. The molecule has 0 spiro atoms. The van der Waals surface area contributed by atoms with Gasteiger partial charge in [-0.1, -0.05) is 6.42 Å². The van der Waals surface area contributed by atoms with Gasteiger partial charge in [0.05, 0.1) is 19.0 Å². The number of hydrogen-bond donors (Lipinski definition) is 2. The SMILES string of the molecule is NC(C1CCC1)C1(O)CC(CF)(CF)C1. The van der Waals surface area contributed by atoms with Gasteiger partial charge < -0.3 is 10.8 Å². The lowest BCUT2D eigenvalue weighted by molar-refractivity contribution is -0.169. The molecule has 2 aliphatic rings. The number of aliphatic hydroxyl groups is 1. The zero-order valence-corrected chi connectivity index (χ0v) is 8.88. The van der Waals surface area contributed by atoms with Crippen molar-refractivity contribution < 1.29 is 13.9 Å². The Hall–Kier alpha value is -0.220. The molecule has 88 valence electrons. The van der Waals surface area contributed by atoms with Gasteiger partial charge in [0.15, 0.2) is 0 Å². The van der Waals surface area contributed by atoms with E-state index >= 15 is 0 Å². The van der Waals surface area contributed by atoms with Crippen LogP contribution in [-0.4, -0.2) is 30.1 Å². The molecule has 2 nitrogen and oxygen atoms in total. The average Bonchev–Trinajstić information content (AvgIpc) is 2.09. The monoisotopic (exact) mass is 219 g/mol. The molecule has 3 N–H and O–H groups in total. The third kappa shape index (κ3) is 1.68. The Morgan fingerprint density at radius 2 is 1.80 bits per heavy atom. The van der Waals surface area contributed by atoms with Gasteiger partial charge in [-0.3, -0.25) is 8.78 Å². The van der Waals surface area contributed by atoms with E-state index in [4.69, 9.17) is 5.73 Å². The number of alkyl halides is 2. The van der Waals surface area contributed by atoms with Crippen LogP contribution in [0.15, 0.2) is 0 Å². The largest absolute Gasteiger partial charge is 0.388 e. The Morgan fingerprint density at radius 3 is 2.13 bits per heavy atom. The first-order valence-electron chi connectivity index (χ1n) is 5.65. The molecule has 2 fully saturated rings. The molecule has 1 atom stereocenters. The zero-order chi connectivity index (χ0) is 11.1. The number of nitrogens with two attached hydrogens (primary N) is 1. The lowest BCUT2D eigenvalue weighted by Gasteiger charge is -2.56. The van der Waals surface area contributed by atoms with Crippen LogP contribution in [0, 0.1) is 11.3 Å². The van der Waals surface area contributed by atoms with Crippen LogP contribution in [0.2, 0.25) is 0 Å². The van der Waals surface area contributed by atoms with Gasteiger partial charge in [0, 0.05) is 11.5 Å². The molecule has 0 aliphatic heterocycles.